The number of hydrogen-bond acceptors (Lipinski definition) is 2. The monoisotopic (exact) mass is 352 g/mol. The third kappa shape index (κ3) is 3.02. The molecule has 6 heteroatoms. The Hall–Kier alpha value is -1.62. The minimum absolute atomic E-state index is 0.00359. The Kier molecular flexibility index (Phi) is 4.81. The molecule has 1 unspecified atom stereocenters. The molecule has 1 aliphatic carbocycles. The molecule has 1 heterocycles. The molecular weight excluding hydrogens is 331 g/mol. The van der Waals surface area contributed by atoms with Gasteiger partial charge in [-0.2, -0.15) is 0 Å². The van der Waals surface area contributed by atoms with Crippen LogP contribution in [-0.4, -0.2) is 36.9 Å². The van der Waals surface area contributed by atoms with Gasteiger partial charge < -0.3 is 10.2 Å². The molecule has 1 atom stereocenters. The van der Waals surface area contributed by atoms with Crippen molar-refractivity contribution >= 4 is 23.4 Å². The van der Waals surface area contributed by atoms with Crippen molar-refractivity contribution in [3.8, 4) is 0 Å². The van der Waals surface area contributed by atoms with Crippen molar-refractivity contribution in [1.29, 1.82) is 0 Å². The first-order chi connectivity index (χ1) is 11.5. The smallest absolute Gasteiger partial charge is 0.227 e. The number of hydrogen-bond donors (Lipinski definition) is 1. The van der Waals surface area contributed by atoms with Gasteiger partial charge >= 0.3 is 0 Å². The van der Waals surface area contributed by atoms with Gasteiger partial charge in [-0.25, -0.2) is 4.39 Å². The molecule has 1 aromatic rings. The Bertz CT molecular complexity index is 638. The summed E-state index contributed by atoms with van der Waals surface area (Å²) < 4.78 is 13.9. The summed E-state index contributed by atoms with van der Waals surface area (Å²) in [6.07, 6.45) is 4.05. The van der Waals surface area contributed by atoms with Gasteiger partial charge in [-0.15, -0.1) is 0 Å². The third-order valence-corrected chi connectivity index (χ3v) is 5.91. The second-order valence-corrected chi connectivity index (χ2v) is 7.29. The van der Waals surface area contributed by atoms with E-state index in [9.17, 15) is 14.0 Å². The van der Waals surface area contributed by atoms with Crippen LogP contribution < -0.4 is 5.32 Å². The highest BCUT2D eigenvalue weighted by Gasteiger charge is 2.51. The maximum Gasteiger partial charge on any atom is 0.227 e. The molecule has 3 rings (SSSR count). The largest absolute Gasteiger partial charge is 0.359 e. The zero-order valence-corrected chi connectivity index (χ0v) is 14.5. The van der Waals surface area contributed by atoms with Gasteiger partial charge in [-0.3, -0.25) is 9.59 Å². The van der Waals surface area contributed by atoms with Crippen molar-refractivity contribution in [2.75, 3.05) is 20.1 Å². The molecule has 2 aliphatic rings. The van der Waals surface area contributed by atoms with E-state index >= 15 is 0 Å². The fourth-order valence-corrected chi connectivity index (χ4v) is 4.47. The highest BCUT2D eigenvalue weighted by atomic mass is 35.5. The predicted molar refractivity (Wildman–Crippen MR) is 90.2 cm³/mol. The Morgan fingerprint density at radius 2 is 2.08 bits per heavy atom. The van der Waals surface area contributed by atoms with Crippen molar-refractivity contribution in [3.05, 3.63) is 34.6 Å². The molecule has 0 bridgehead atoms. The van der Waals surface area contributed by atoms with Crippen LogP contribution in [0, 0.1) is 17.2 Å². The summed E-state index contributed by atoms with van der Waals surface area (Å²) in [7, 11) is 1.63. The number of nitrogens with one attached hydrogen (secondary N) is 1. The number of benzene rings is 1. The molecule has 2 fully saturated rings. The number of halogens is 2. The van der Waals surface area contributed by atoms with Crippen LogP contribution in [0.25, 0.3) is 0 Å². The lowest BCUT2D eigenvalue weighted by atomic mass is 9.76. The molecule has 1 spiro atoms. The van der Waals surface area contributed by atoms with Gasteiger partial charge in [0.05, 0.1) is 12.3 Å². The highest BCUT2D eigenvalue weighted by Crippen LogP contribution is 2.49. The molecule has 4 nitrogen and oxygen atoms in total. The average molecular weight is 353 g/mol. The van der Waals surface area contributed by atoms with Crippen LogP contribution in [0.3, 0.4) is 0 Å². The van der Waals surface area contributed by atoms with Crippen molar-refractivity contribution in [3.63, 3.8) is 0 Å². The second-order valence-electron chi connectivity index (χ2n) is 6.89. The number of rotatable bonds is 3. The maximum atomic E-state index is 13.9. The van der Waals surface area contributed by atoms with E-state index in [0.717, 1.165) is 25.7 Å². The topological polar surface area (TPSA) is 49.4 Å². The summed E-state index contributed by atoms with van der Waals surface area (Å²) in [4.78, 5) is 26.7. The van der Waals surface area contributed by atoms with Crippen LogP contribution in [0.2, 0.25) is 5.02 Å². The van der Waals surface area contributed by atoms with E-state index < -0.39 is 5.82 Å². The normalized spacial score (nSPS) is 22.1. The number of likely N-dealkylation sites (tertiary alicyclic amines) is 1. The summed E-state index contributed by atoms with van der Waals surface area (Å²) in [5.74, 6) is -0.811. The lowest BCUT2D eigenvalue weighted by molar-refractivity contribution is -0.130. The van der Waals surface area contributed by atoms with E-state index in [4.69, 9.17) is 11.6 Å². The van der Waals surface area contributed by atoms with Crippen LogP contribution >= 0.6 is 11.6 Å². The minimum Gasteiger partial charge on any atom is -0.359 e. The van der Waals surface area contributed by atoms with Gasteiger partial charge in [0, 0.05) is 36.1 Å². The van der Waals surface area contributed by atoms with Crippen LogP contribution in [0.4, 0.5) is 4.39 Å². The second kappa shape index (κ2) is 6.71. The standard InChI is InChI=1S/C18H22ClFN2O2/c1-21-17(24)13-10-22(11-18(13)7-2-3-8-18)16(23)9-12-14(19)5-4-6-15(12)20/h4-6,13H,2-3,7-11H2,1H3,(H,21,24). The van der Waals surface area contributed by atoms with Crippen molar-refractivity contribution < 1.29 is 14.0 Å². The minimum atomic E-state index is -0.464. The van der Waals surface area contributed by atoms with Crippen molar-refractivity contribution in [1.82, 2.24) is 10.2 Å². The van der Waals surface area contributed by atoms with Crippen molar-refractivity contribution in [2.45, 2.75) is 32.1 Å². The zero-order valence-electron chi connectivity index (χ0n) is 13.8. The van der Waals surface area contributed by atoms with Gasteiger partial charge in [0.15, 0.2) is 0 Å². The van der Waals surface area contributed by atoms with E-state index in [1.807, 2.05) is 0 Å². The Labute approximate surface area is 146 Å². The Morgan fingerprint density at radius 1 is 1.38 bits per heavy atom. The van der Waals surface area contributed by atoms with Crippen LogP contribution in [-0.2, 0) is 16.0 Å². The Morgan fingerprint density at radius 3 is 2.71 bits per heavy atom. The van der Waals surface area contributed by atoms with Crippen LogP contribution in [0.1, 0.15) is 31.2 Å². The zero-order chi connectivity index (χ0) is 17.3. The number of carbonyl (C=O) groups excluding carboxylic acids is 2. The first-order valence-electron chi connectivity index (χ1n) is 8.39. The predicted octanol–water partition coefficient (Wildman–Crippen LogP) is 2.79. The van der Waals surface area contributed by atoms with E-state index in [-0.39, 0.29) is 40.2 Å². The quantitative estimate of drug-likeness (QED) is 0.909. The van der Waals surface area contributed by atoms with E-state index in [1.54, 1.807) is 18.0 Å². The van der Waals surface area contributed by atoms with Gasteiger partial charge in [0.25, 0.3) is 0 Å². The van der Waals surface area contributed by atoms with E-state index in [1.165, 1.54) is 12.1 Å². The number of nitrogens with zero attached hydrogens (tertiary/aromatic N) is 1. The maximum absolute atomic E-state index is 13.9. The van der Waals surface area contributed by atoms with Crippen molar-refractivity contribution in [2.24, 2.45) is 11.3 Å². The van der Waals surface area contributed by atoms with Gasteiger partial charge in [0.2, 0.25) is 11.8 Å². The molecule has 1 saturated heterocycles. The summed E-state index contributed by atoms with van der Waals surface area (Å²) in [5, 5.41) is 2.99. The van der Waals surface area contributed by atoms with E-state index in [2.05, 4.69) is 5.32 Å². The molecular formula is C18H22ClFN2O2. The first kappa shape index (κ1) is 17.2. The molecule has 0 aromatic heterocycles. The third-order valence-electron chi connectivity index (χ3n) is 5.55. The molecule has 24 heavy (non-hydrogen) atoms. The van der Waals surface area contributed by atoms with Gasteiger partial charge in [0.1, 0.15) is 5.82 Å². The molecule has 1 aromatic carbocycles. The van der Waals surface area contributed by atoms with Crippen LogP contribution in [0.5, 0.6) is 0 Å². The molecule has 130 valence electrons. The first-order valence-corrected chi connectivity index (χ1v) is 8.77. The van der Waals surface area contributed by atoms with Crippen LogP contribution in [0.15, 0.2) is 18.2 Å². The fraction of sp³-hybridized carbons (Fsp3) is 0.556. The molecule has 2 amide bonds. The number of amides is 2. The summed E-state index contributed by atoms with van der Waals surface area (Å²) >= 11 is 6.03. The average Bonchev–Trinajstić information content (AvgIpc) is 3.18. The molecule has 1 aliphatic heterocycles. The SMILES string of the molecule is CNC(=O)C1CN(C(=O)Cc2c(F)cccc2Cl)CC12CCCC2. The summed E-state index contributed by atoms with van der Waals surface area (Å²) in [5.41, 5.74) is 0.113. The molecule has 0 radical (unpaired) electrons. The molecule has 1 N–H and O–H groups in total. The highest BCUT2D eigenvalue weighted by molar-refractivity contribution is 6.31. The fourth-order valence-electron chi connectivity index (χ4n) is 4.24. The summed E-state index contributed by atoms with van der Waals surface area (Å²) in [6, 6.07) is 4.42. The Balaban J connectivity index is 1.78. The lowest BCUT2D eigenvalue weighted by Crippen LogP contribution is -2.38. The van der Waals surface area contributed by atoms with Gasteiger partial charge in [-0.05, 0) is 25.0 Å². The van der Waals surface area contributed by atoms with E-state index in [0.29, 0.717) is 13.1 Å². The lowest BCUT2D eigenvalue weighted by Gasteiger charge is -2.28. The number of carbonyl (C=O) groups is 2. The molecule has 1 saturated carbocycles. The van der Waals surface area contributed by atoms with Gasteiger partial charge in [-0.1, -0.05) is 30.5 Å². The summed E-state index contributed by atoms with van der Waals surface area (Å²) in [6.45, 7) is 0.987.